The number of hydrogen-bond acceptors (Lipinski definition) is 4. The number of rotatable bonds is 4. The fourth-order valence-corrected chi connectivity index (χ4v) is 4.18. The Balaban J connectivity index is 1.71. The highest BCUT2D eigenvalue weighted by molar-refractivity contribution is 7.12. The molecule has 0 radical (unpaired) electrons. The van der Waals surface area contributed by atoms with E-state index in [9.17, 15) is 9.59 Å². The largest absolute Gasteiger partial charge is 0.506 e. The van der Waals surface area contributed by atoms with E-state index in [0.717, 1.165) is 30.8 Å². The van der Waals surface area contributed by atoms with Gasteiger partial charge in [0, 0.05) is 18.8 Å². The van der Waals surface area contributed by atoms with Crippen molar-refractivity contribution in [3.63, 3.8) is 0 Å². The van der Waals surface area contributed by atoms with Crippen LogP contribution in [0.4, 0.5) is 4.79 Å². The van der Waals surface area contributed by atoms with Crippen molar-refractivity contribution in [3.05, 3.63) is 22.4 Å². The summed E-state index contributed by atoms with van der Waals surface area (Å²) in [6.07, 6.45) is 0.461. The number of hydrogen-bond donors (Lipinski definition) is 1. The minimum absolute atomic E-state index is 0.162. The Hall–Kier alpha value is -1.40. The quantitative estimate of drug-likeness (QED) is 0.526. The first-order valence-corrected chi connectivity index (χ1v) is 7.77. The van der Waals surface area contributed by atoms with Gasteiger partial charge in [0.25, 0.3) is 0 Å². The van der Waals surface area contributed by atoms with Crippen LogP contribution in [0.1, 0.15) is 22.5 Å². The van der Waals surface area contributed by atoms with Crippen LogP contribution in [0.3, 0.4) is 0 Å². The third-order valence-electron chi connectivity index (χ3n) is 4.57. The Morgan fingerprint density at radius 2 is 2.15 bits per heavy atom. The van der Waals surface area contributed by atoms with Gasteiger partial charge in [-0.05, 0) is 11.4 Å². The van der Waals surface area contributed by atoms with Crippen molar-refractivity contribution in [2.24, 2.45) is 5.92 Å². The molecule has 1 unspecified atom stereocenters. The monoisotopic (exact) mass is 296 g/mol. The Morgan fingerprint density at radius 3 is 2.75 bits per heavy atom. The average molecular weight is 296 g/mol. The second-order valence-electron chi connectivity index (χ2n) is 5.79. The van der Waals surface area contributed by atoms with Crippen LogP contribution in [-0.2, 0) is 4.74 Å². The lowest BCUT2D eigenvalue weighted by molar-refractivity contribution is -0.938. The highest BCUT2D eigenvalue weighted by Gasteiger charge is 2.48. The number of nitrogens with zero attached hydrogens (tertiary/aromatic N) is 1. The number of carboxylic acid groups (broad SMARTS) is 1. The summed E-state index contributed by atoms with van der Waals surface area (Å²) in [6, 6.07) is 3.74. The molecule has 0 spiro atoms. The highest BCUT2D eigenvalue weighted by Crippen LogP contribution is 2.35. The van der Waals surface area contributed by atoms with Crippen molar-refractivity contribution < 1.29 is 23.9 Å². The van der Waals surface area contributed by atoms with E-state index in [1.807, 2.05) is 17.5 Å². The lowest BCUT2D eigenvalue weighted by atomic mass is 9.83. The van der Waals surface area contributed by atoms with Crippen LogP contribution in [0.2, 0.25) is 0 Å². The van der Waals surface area contributed by atoms with Gasteiger partial charge in [-0.2, -0.15) is 0 Å². The number of quaternary nitrogens is 1. The first-order valence-electron chi connectivity index (χ1n) is 6.89. The van der Waals surface area contributed by atoms with Gasteiger partial charge in [0.2, 0.25) is 5.78 Å². The van der Waals surface area contributed by atoms with Crippen molar-refractivity contribution in [2.45, 2.75) is 18.9 Å². The van der Waals surface area contributed by atoms with Crippen LogP contribution in [0, 0.1) is 5.92 Å². The summed E-state index contributed by atoms with van der Waals surface area (Å²) in [5, 5.41) is 10.7. The van der Waals surface area contributed by atoms with Crippen molar-refractivity contribution in [1.82, 2.24) is 0 Å². The average Bonchev–Trinajstić information content (AvgIpc) is 2.92. The molecule has 1 aromatic rings. The molecule has 5 nitrogen and oxygen atoms in total. The minimum Gasteiger partial charge on any atom is -0.450 e. The maximum absolute atomic E-state index is 12.3. The SMILES string of the molecule is O=C(O)OC1C[N+]2(CC(=O)c3cccs3)CCC1CC2. The molecule has 1 atom stereocenters. The van der Waals surface area contributed by atoms with E-state index >= 15 is 0 Å². The van der Waals surface area contributed by atoms with Crippen molar-refractivity contribution in [2.75, 3.05) is 26.2 Å². The van der Waals surface area contributed by atoms with Crippen LogP contribution in [0.15, 0.2) is 17.5 Å². The third-order valence-corrected chi connectivity index (χ3v) is 5.48. The first kappa shape index (κ1) is 13.6. The van der Waals surface area contributed by atoms with E-state index in [0.29, 0.717) is 23.5 Å². The normalized spacial score (nSPS) is 32.0. The Morgan fingerprint density at radius 1 is 1.40 bits per heavy atom. The number of piperidine rings is 3. The summed E-state index contributed by atoms with van der Waals surface area (Å²) in [4.78, 5) is 23.9. The molecule has 20 heavy (non-hydrogen) atoms. The van der Waals surface area contributed by atoms with Crippen molar-refractivity contribution in [3.8, 4) is 0 Å². The van der Waals surface area contributed by atoms with Crippen LogP contribution in [0.25, 0.3) is 0 Å². The standard InChI is InChI=1S/C14H17NO4S/c16-11(13-2-1-7-20-13)8-15-5-3-10(4-6-15)12(9-15)19-14(17)18/h1-2,7,10,12H,3-6,8-9H2/p+1. The van der Waals surface area contributed by atoms with Gasteiger partial charge in [0.1, 0.15) is 13.1 Å². The first-order chi connectivity index (χ1) is 9.58. The van der Waals surface area contributed by atoms with Crippen LogP contribution in [0.5, 0.6) is 0 Å². The second kappa shape index (κ2) is 5.18. The summed E-state index contributed by atoms with van der Waals surface area (Å²) >= 11 is 1.47. The fraction of sp³-hybridized carbons (Fsp3) is 0.571. The lowest BCUT2D eigenvalue weighted by Gasteiger charge is -2.51. The molecular weight excluding hydrogens is 278 g/mol. The second-order valence-corrected chi connectivity index (χ2v) is 6.74. The van der Waals surface area contributed by atoms with E-state index in [2.05, 4.69) is 0 Å². The Kier molecular flexibility index (Phi) is 3.52. The molecule has 0 aliphatic carbocycles. The fourth-order valence-electron chi connectivity index (χ4n) is 3.53. The van der Waals surface area contributed by atoms with E-state index in [-0.39, 0.29) is 11.9 Å². The zero-order valence-corrected chi connectivity index (χ0v) is 12.0. The topological polar surface area (TPSA) is 63.6 Å². The van der Waals surface area contributed by atoms with Crippen LogP contribution in [-0.4, -0.2) is 53.8 Å². The molecule has 2 bridgehead atoms. The van der Waals surface area contributed by atoms with Gasteiger partial charge in [-0.3, -0.25) is 4.79 Å². The summed E-state index contributed by atoms with van der Waals surface area (Å²) in [5.41, 5.74) is 0. The van der Waals surface area contributed by atoms with Gasteiger partial charge in [0.05, 0.1) is 18.0 Å². The predicted molar refractivity (Wildman–Crippen MR) is 74.0 cm³/mol. The van der Waals surface area contributed by atoms with Gasteiger partial charge >= 0.3 is 6.16 Å². The molecule has 4 heterocycles. The number of thiophene rings is 1. The summed E-state index contributed by atoms with van der Waals surface area (Å²) in [7, 11) is 0. The van der Waals surface area contributed by atoms with Gasteiger partial charge in [0.15, 0.2) is 6.10 Å². The van der Waals surface area contributed by atoms with Gasteiger partial charge in [-0.1, -0.05) is 6.07 Å². The van der Waals surface area contributed by atoms with Crippen molar-refractivity contribution in [1.29, 1.82) is 0 Å². The molecule has 3 aliphatic rings. The van der Waals surface area contributed by atoms with Gasteiger partial charge < -0.3 is 14.3 Å². The molecular formula is C14H18NO4S+. The molecule has 3 aliphatic heterocycles. The van der Waals surface area contributed by atoms with Gasteiger partial charge in [-0.25, -0.2) is 4.79 Å². The minimum atomic E-state index is -1.20. The lowest BCUT2D eigenvalue weighted by Crippen LogP contribution is -2.65. The molecule has 6 heteroatoms. The molecule has 3 saturated heterocycles. The van der Waals surface area contributed by atoms with Crippen LogP contribution < -0.4 is 0 Å². The zero-order valence-electron chi connectivity index (χ0n) is 11.2. The van der Waals surface area contributed by atoms with E-state index in [1.165, 1.54) is 11.3 Å². The van der Waals surface area contributed by atoms with E-state index in [1.54, 1.807) is 0 Å². The third kappa shape index (κ3) is 2.58. The number of fused-ring (bicyclic) bond motifs is 3. The summed E-state index contributed by atoms with van der Waals surface area (Å²) in [5.74, 6) is 0.498. The number of carbonyl (C=O) groups excluding carboxylic acids is 1. The number of ether oxygens (including phenoxy) is 1. The zero-order chi connectivity index (χ0) is 14.2. The van der Waals surface area contributed by atoms with E-state index < -0.39 is 6.16 Å². The Bertz CT molecular complexity index is 505. The van der Waals surface area contributed by atoms with Crippen molar-refractivity contribution >= 4 is 23.3 Å². The molecule has 1 N–H and O–H groups in total. The molecule has 108 valence electrons. The number of Topliss-reactive ketones (excluding diaryl/α,β-unsaturated/α-hetero) is 1. The predicted octanol–water partition coefficient (Wildman–Crippen LogP) is 2.23. The smallest absolute Gasteiger partial charge is 0.450 e. The molecule has 0 aromatic carbocycles. The summed E-state index contributed by atoms with van der Waals surface area (Å²) in [6.45, 7) is 3.03. The number of carbonyl (C=O) groups is 2. The number of ketones is 1. The molecule has 0 amide bonds. The molecule has 3 fully saturated rings. The Labute approximate surface area is 121 Å². The maximum atomic E-state index is 12.3. The van der Waals surface area contributed by atoms with Gasteiger partial charge in [-0.15, -0.1) is 11.3 Å². The van der Waals surface area contributed by atoms with Crippen LogP contribution >= 0.6 is 11.3 Å². The molecule has 1 aromatic heterocycles. The maximum Gasteiger partial charge on any atom is 0.506 e. The highest BCUT2D eigenvalue weighted by atomic mass is 32.1. The summed E-state index contributed by atoms with van der Waals surface area (Å²) < 4.78 is 5.70. The van der Waals surface area contributed by atoms with E-state index in [4.69, 9.17) is 9.84 Å². The molecule has 0 saturated carbocycles. The molecule has 4 rings (SSSR count).